The molecule has 1 saturated heterocycles. The van der Waals surface area contributed by atoms with Gasteiger partial charge in [0.1, 0.15) is 17.5 Å². The fourth-order valence-corrected chi connectivity index (χ4v) is 2.80. The predicted octanol–water partition coefficient (Wildman–Crippen LogP) is 2.88. The molecule has 0 unspecified atom stereocenters. The van der Waals surface area contributed by atoms with E-state index in [0.717, 1.165) is 29.8 Å². The SMILES string of the molecule is Cc1c([N+](C)=O)cnn1CC1CCN(C(=O)OC(C)(C)C)CC1. The summed E-state index contributed by atoms with van der Waals surface area (Å²) < 4.78 is 8.13. The van der Waals surface area contributed by atoms with Crippen LogP contribution in [0.3, 0.4) is 0 Å². The van der Waals surface area contributed by atoms with E-state index < -0.39 is 5.60 Å². The van der Waals surface area contributed by atoms with Crippen LogP contribution in [0.25, 0.3) is 0 Å². The number of likely N-dealkylation sites (tertiary alicyclic amines) is 1. The highest BCUT2D eigenvalue weighted by Crippen LogP contribution is 2.23. The molecule has 1 aliphatic heterocycles. The predicted molar refractivity (Wildman–Crippen MR) is 86.7 cm³/mol. The van der Waals surface area contributed by atoms with Gasteiger partial charge in [-0.05, 0) is 46.5 Å². The lowest BCUT2D eigenvalue weighted by Gasteiger charge is -2.33. The molecule has 0 atom stereocenters. The number of hydrogen-bond donors (Lipinski definition) is 0. The van der Waals surface area contributed by atoms with E-state index >= 15 is 0 Å². The number of hydrogen-bond acceptors (Lipinski definition) is 4. The van der Waals surface area contributed by atoms with Crippen LogP contribution in [-0.4, -0.2) is 51.3 Å². The molecule has 2 rings (SSSR count). The smallest absolute Gasteiger partial charge is 0.410 e. The number of aromatic nitrogens is 2. The molecule has 7 nitrogen and oxygen atoms in total. The number of ether oxygens (including phenoxy) is 1. The first-order valence-corrected chi connectivity index (χ1v) is 8.08. The maximum atomic E-state index is 12.1. The highest BCUT2D eigenvalue weighted by atomic mass is 16.6. The van der Waals surface area contributed by atoms with Crippen molar-refractivity contribution in [2.45, 2.75) is 52.7 Å². The Bertz CT molecular complexity index is 581. The molecule has 0 radical (unpaired) electrons. The summed E-state index contributed by atoms with van der Waals surface area (Å²) in [4.78, 5) is 25.2. The van der Waals surface area contributed by atoms with Crippen molar-refractivity contribution in [1.82, 2.24) is 14.7 Å². The van der Waals surface area contributed by atoms with E-state index in [1.165, 1.54) is 7.05 Å². The molecule has 0 spiro atoms. The van der Waals surface area contributed by atoms with Crippen LogP contribution in [0.4, 0.5) is 10.5 Å². The molecule has 0 aliphatic carbocycles. The Labute approximate surface area is 137 Å². The Hall–Kier alpha value is -1.92. The van der Waals surface area contributed by atoms with Crippen LogP contribution in [0.1, 0.15) is 39.3 Å². The standard InChI is InChI=1S/C16H27N4O3/c1-12-14(18(5)22)10-17-20(12)11-13-6-8-19(9-7-13)15(21)23-16(2,3)4/h10,13H,6-9,11H2,1-5H3/q+1. The molecular weight excluding hydrogens is 296 g/mol. The van der Waals surface area contributed by atoms with Crippen LogP contribution in [0.15, 0.2) is 6.20 Å². The third-order valence-corrected chi connectivity index (χ3v) is 4.11. The van der Waals surface area contributed by atoms with Crippen LogP contribution >= 0.6 is 0 Å². The number of piperidine rings is 1. The van der Waals surface area contributed by atoms with Crippen molar-refractivity contribution in [3.05, 3.63) is 16.8 Å². The largest absolute Gasteiger partial charge is 0.444 e. The van der Waals surface area contributed by atoms with Crippen LogP contribution in [-0.2, 0) is 11.3 Å². The molecular formula is C16H27N4O3+. The topological polar surface area (TPSA) is 67.4 Å². The second kappa shape index (κ2) is 6.68. The van der Waals surface area contributed by atoms with Crippen LogP contribution in [0, 0.1) is 17.7 Å². The third-order valence-electron chi connectivity index (χ3n) is 4.11. The first kappa shape index (κ1) is 17.4. The number of nitroso groups, excluding NO2 is 1. The molecule has 0 aromatic carbocycles. The quantitative estimate of drug-likeness (QED) is 0.802. The number of rotatable bonds is 3. The summed E-state index contributed by atoms with van der Waals surface area (Å²) in [5.74, 6) is 0.456. The first-order valence-electron chi connectivity index (χ1n) is 8.08. The van der Waals surface area contributed by atoms with E-state index in [9.17, 15) is 9.70 Å². The average molecular weight is 323 g/mol. The van der Waals surface area contributed by atoms with Gasteiger partial charge in [-0.2, -0.15) is 5.10 Å². The molecule has 23 heavy (non-hydrogen) atoms. The Morgan fingerprint density at radius 1 is 1.39 bits per heavy atom. The third kappa shape index (κ3) is 4.53. The van der Waals surface area contributed by atoms with Gasteiger partial charge < -0.3 is 9.64 Å². The van der Waals surface area contributed by atoms with Gasteiger partial charge >= 0.3 is 6.09 Å². The fraction of sp³-hybridized carbons (Fsp3) is 0.750. The van der Waals surface area contributed by atoms with Gasteiger partial charge in [0, 0.05) is 29.3 Å². The highest BCUT2D eigenvalue weighted by Gasteiger charge is 2.28. The van der Waals surface area contributed by atoms with Crippen molar-refractivity contribution in [1.29, 1.82) is 0 Å². The lowest BCUT2D eigenvalue weighted by Crippen LogP contribution is -2.42. The van der Waals surface area contributed by atoms with E-state index in [-0.39, 0.29) is 6.09 Å². The zero-order valence-electron chi connectivity index (χ0n) is 14.7. The van der Waals surface area contributed by atoms with Gasteiger partial charge in [-0.25, -0.2) is 4.79 Å². The molecule has 1 aromatic heterocycles. The van der Waals surface area contributed by atoms with Crippen molar-refractivity contribution in [3.63, 3.8) is 0 Å². The second-order valence-electron chi connectivity index (χ2n) is 7.21. The molecule has 2 heterocycles. The van der Waals surface area contributed by atoms with E-state index in [4.69, 9.17) is 4.74 Å². The van der Waals surface area contributed by atoms with Crippen LogP contribution < -0.4 is 0 Å². The van der Waals surface area contributed by atoms with Crippen LogP contribution in [0.5, 0.6) is 0 Å². The summed E-state index contributed by atoms with van der Waals surface area (Å²) in [6.07, 6.45) is 3.21. The molecule has 0 N–H and O–H groups in total. The molecule has 1 fully saturated rings. The first-order chi connectivity index (χ1) is 10.7. The minimum Gasteiger partial charge on any atom is -0.444 e. The average Bonchev–Trinajstić information content (AvgIpc) is 2.79. The Balaban J connectivity index is 1.88. The fourth-order valence-electron chi connectivity index (χ4n) is 2.80. The molecule has 7 heteroatoms. The molecule has 0 bridgehead atoms. The summed E-state index contributed by atoms with van der Waals surface area (Å²) >= 11 is 0. The molecule has 1 aliphatic rings. The normalized spacial score (nSPS) is 16.5. The maximum Gasteiger partial charge on any atom is 0.410 e. The van der Waals surface area contributed by atoms with E-state index in [1.54, 1.807) is 11.1 Å². The minimum absolute atomic E-state index is 0.235. The van der Waals surface area contributed by atoms with Crippen molar-refractivity contribution in [3.8, 4) is 0 Å². The van der Waals surface area contributed by atoms with Crippen molar-refractivity contribution in [2.75, 3.05) is 20.1 Å². The molecule has 1 amide bonds. The summed E-state index contributed by atoms with van der Waals surface area (Å²) in [6.45, 7) is 9.73. The van der Waals surface area contributed by atoms with Gasteiger partial charge in [0.05, 0.1) is 0 Å². The second-order valence-corrected chi connectivity index (χ2v) is 7.21. The van der Waals surface area contributed by atoms with E-state index in [1.807, 2.05) is 32.4 Å². The zero-order chi connectivity index (χ0) is 17.2. The monoisotopic (exact) mass is 323 g/mol. The van der Waals surface area contributed by atoms with Crippen LogP contribution in [0.2, 0.25) is 0 Å². The van der Waals surface area contributed by atoms with Crippen molar-refractivity contribution < 1.29 is 14.3 Å². The maximum absolute atomic E-state index is 12.1. The lowest BCUT2D eigenvalue weighted by atomic mass is 9.97. The zero-order valence-corrected chi connectivity index (χ0v) is 14.7. The number of carbonyl (C=O) groups excluding carboxylic acids is 1. The summed E-state index contributed by atoms with van der Waals surface area (Å²) in [7, 11) is 1.48. The number of amides is 1. The summed E-state index contributed by atoms with van der Waals surface area (Å²) in [6, 6.07) is 0. The lowest BCUT2D eigenvalue weighted by molar-refractivity contribution is -0.428. The summed E-state index contributed by atoms with van der Waals surface area (Å²) in [5.41, 5.74) is 1.04. The molecule has 1 aromatic rings. The number of nitrogens with zero attached hydrogens (tertiary/aromatic N) is 4. The van der Waals surface area contributed by atoms with Gasteiger partial charge in [-0.1, -0.05) is 0 Å². The van der Waals surface area contributed by atoms with Gasteiger partial charge in [0.2, 0.25) is 0 Å². The number of carbonyl (C=O) groups is 1. The van der Waals surface area contributed by atoms with Gasteiger partial charge in [0.15, 0.2) is 7.05 Å². The van der Waals surface area contributed by atoms with E-state index in [2.05, 4.69) is 5.10 Å². The van der Waals surface area contributed by atoms with Crippen molar-refractivity contribution in [2.24, 2.45) is 5.92 Å². The van der Waals surface area contributed by atoms with Gasteiger partial charge in [-0.3, -0.25) is 4.68 Å². The van der Waals surface area contributed by atoms with Gasteiger partial charge in [0.25, 0.3) is 5.69 Å². The Kier molecular flexibility index (Phi) is 5.06. The highest BCUT2D eigenvalue weighted by molar-refractivity contribution is 5.68. The minimum atomic E-state index is -0.457. The Morgan fingerprint density at radius 2 is 2.00 bits per heavy atom. The summed E-state index contributed by atoms with van der Waals surface area (Å²) in [5, 5.41) is 4.30. The van der Waals surface area contributed by atoms with Gasteiger partial charge in [-0.15, -0.1) is 0 Å². The molecule has 128 valence electrons. The molecule has 0 saturated carbocycles. The Morgan fingerprint density at radius 3 is 2.48 bits per heavy atom. The van der Waals surface area contributed by atoms with E-state index in [0.29, 0.717) is 24.7 Å². The van der Waals surface area contributed by atoms with Crippen molar-refractivity contribution >= 4 is 11.8 Å².